The number of carbonyl (C=O) groups excluding carboxylic acids is 2. The predicted octanol–water partition coefficient (Wildman–Crippen LogP) is 7.22. The summed E-state index contributed by atoms with van der Waals surface area (Å²) in [6, 6.07) is 0. The fourth-order valence-corrected chi connectivity index (χ4v) is 2.97. The molecule has 0 heterocycles. The van der Waals surface area contributed by atoms with Crippen LogP contribution in [-0.4, -0.2) is 11.9 Å². The van der Waals surface area contributed by atoms with Gasteiger partial charge in [-0.25, -0.2) is 19.4 Å². The molecule has 158 valence electrons. The zero-order valence-corrected chi connectivity index (χ0v) is 17.9. The van der Waals surface area contributed by atoms with Crippen LogP contribution in [0.4, 0.5) is 0 Å². The third-order valence-corrected chi connectivity index (χ3v) is 4.91. The highest BCUT2D eigenvalue weighted by atomic mass is 17.2. The average molecular weight is 383 g/mol. The molecule has 0 rings (SSSR count). The second kappa shape index (κ2) is 19.4. The topological polar surface area (TPSA) is 52.6 Å². The molecule has 0 unspecified atom stereocenters. The van der Waals surface area contributed by atoms with Gasteiger partial charge in [-0.05, 0) is 12.8 Å². The number of hydrogen-bond donors (Lipinski definition) is 0. The molecule has 0 atom stereocenters. The van der Waals surface area contributed by atoms with Crippen molar-refractivity contribution < 1.29 is 19.4 Å². The van der Waals surface area contributed by atoms with Crippen molar-refractivity contribution in [1.82, 2.24) is 0 Å². The molecule has 0 fully saturated rings. The van der Waals surface area contributed by atoms with Gasteiger partial charge >= 0.3 is 11.9 Å². The van der Waals surface area contributed by atoms with Crippen LogP contribution in [0.5, 0.6) is 0 Å². The lowest BCUT2D eigenvalue weighted by Gasteiger charge is -2.04. The van der Waals surface area contributed by atoms with E-state index >= 15 is 0 Å². The van der Waals surface area contributed by atoms with Gasteiger partial charge in [-0.1, -0.05) is 110 Å². The highest BCUT2D eigenvalue weighted by Gasteiger charge is 2.11. The Balaban J connectivity index is 3.25. The first-order chi connectivity index (χ1) is 13.1. The minimum atomic E-state index is -0.664. The Morgan fingerprint density at radius 1 is 0.630 bits per heavy atom. The average Bonchev–Trinajstić information content (AvgIpc) is 2.68. The summed E-state index contributed by atoms with van der Waals surface area (Å²) in [5.41, 5.74) is 0.301. The lowest BCUT2D eigenvalue weighted by Crippen LogP contribution is -2.12. The number of hydrogen-bond acceptors (Lipinski definition) is 4. The van der Waals surface area contributed by atoms with Crippen LogP contribution in [0, 0.1) is 0 Å². The van der Waals surface area contributed by atoms with Gasteiger partial charge < -0.3 is 0 Å². The Bertz CT molecular complexity index is 390. The molecule has 0 spiro atoms. The molecule has 4 heteroatoms. The first-order valence-electron chi connectivity index (χ1n) is 11.2. The van der Waals surface area contributed by atoms with E-state index in [1.54, 1.807) is 6.92 Å². The smallest absolute Gasteiger partial charge is 0.247 e. The zero-order chi connectivity index (χ0) is 20.2. The molecule has 0 aliphatic carbocycles. The first kappa shape index (κ1) is 25.7. The van der Waals surface area contributed by atoms with E-state index in [1.807, 2.05) is 0 Å². The second-order valence-electron chi connectivity index (χ2n) is 7.48. The summed E-state index contributed by atoms with van der Waals surface area (Å²) in [4.78, 5) is 31.7. The molecule has 0 aromatic heterocycles. The van der Waals surface area contributed by atoms with Crippen molar-refractivity contribution in [2.24, 2.45) is 0 Å². The maximum absolute atomic E-state index is 11.5. The normalized spacial score (nSPS) is 10.6. The largest absolute Gasteiger partial charge is 0.381 e. The van der Waals surface area contributed by atoms with E-state index in [4.69, 9.17) is 0 Å². The first-order valence-corrected chi connectivity index (χ1v) is 11.2. The minimum Gasteiger partial charge on any atom is -0.247 e. The summed E-state index contributed by atoms with van der Waals surface area (Å²) < 4.78 is 0. The molecule has 0 amide bonds. The molecular formula is C23H42O4. The Kier molecular flexibility index (Phi) is 18.5. The van der Waals surface area contributed by atoms with Gasteiger partial charge in [-0.15, -0.1) is 0 Å². The van der Waals surface area contributed by atoms with Gasteiger partial charge in [0.15, 0.2) is 0 Å². The van der Waals surface area contributed by atoms with Crippen LogP contribution in [0.1, 0.15) is 123 Å². The molecular weight excluding hydrogens is 340 g/mol. The third-order valence-electron chi connectivity index (χ3n) is 4.91. The van der Waals surface area contributed by atoms with E-state index in [2.05, 4.69) is 23.3 Å². The summed E-state index contributed by atoms with van der Waals surface area (Å²) in [5.74, 6) is -1.15. The van der Waals surface area contributed by atoms with Crippen LogP contribution in [0.15, 0.2) is 12.2 Å². The van der Waals surface area contributed by atoms with Gasteiger partial charge in [-0.3, -0.25) is 0 Å². The Morgan fingerprint density at radius 3 is 1.44 bits per heavy atom. The van der Waals surface area contributed by atoms with Crippen molar-refractivity contribution in [1.29, 1.82) is 0 Å². The zero-order valence-electron chi connectivity index (χ0n) is 17.9. The van der Waals surface area contributed by atoms with E-state index in [0.717, 1.165) is 19.3 Å². The van der Waals surface area contributed by atoms with Crippen LogP contribution in [-0.2, 0) is 19.4 Å². The Labute approximate surface area is 167 Å². The maximum Gasteiger partial charge on any atom is 0.381 e. The van der Waals surface area contributed by atoms with Gasteiger partial charge in [0.1, 0.15) is 0 Å². The fourth-order valence-electron chi connectivity index (χ4n) is 2.97. The maximum atomic E-state index is 11.5. The van der Waals surface area contributed by atoms with Crippen LogP contribution in [0.3, 0.4) is 0 Å². The summed E-state index contributed by atoms with van der Waals surface area (Å²) in [7, 11) is 0. The molecule has 0 saturated carbocycles. The van der Waals surface area contributed by atoms with E-state index in [0.29, 0.717) is 18.4 Å². The third kappa shape index (κ3) is 17.8. The quantitative estimate of drug-likeness (QED) is 0.109. The molecule has 4 nitrogen and oxygen atoms in total. The minimum absolute atomic E-state index is 0.296. The van der Waals surface area contributed by atoms with Gasteiger partial charge in [0.05, 0.1) is 6.42 Å². The molecule has 0 aromatic carbocycles. The van der Waals surface area contributed by atoms with Gasteiger partial charge in [0, 0.05) is 5.57 Å². The highest BCUT2D eigenvalue weighted by Crippen LogP contribution is 2.14. The summed E-state index contributed by atoms with van der Waals surface area (Å²) >= 11 is 0. The predicted molar refractivity (Wildman–Crippen MR) is 111 cm³/mol. The summed E-state index contributed by atoms with van der Waals surface area (Å²) in [6.45, 7) is 7.59. The van der Waals surface area contributed by atoms with Crippen LogP contribution in [0.25, 0.3) is 0 Å². The van der Waals surface area contributed by atoms with E-state index in [9.17, 15) is 9.59 Å². The van der Waals surface area contributed by atoms with Crippen molar-refractivity contribution in [2.75, 3.05) is 0 Å². The molecule has 0 radical (unpaired) electrons. The number of carbonyl (C=O) groups is 2. The summed E-state index contributed by atoms with van der Waals surface area (Å²) in [5, 5.41) is 0. The van der Waals surface area contributed by atoms with E-state index in [-0.39, 0.29) is 0 Å². The monoisotopic (exact) mass is 382 g/mol. The van der Waals surface area contributed by atoms with Crippen LogP contribution in [0.2, 0.25) is 0 Å². The molecule has 0 aromatic rings. The lowest BCUT2D eigenvalue weighted by atomic mass is 10.0. The molecule has 0 aliphatic rings. The van der Waals surface area contributed by atoms with Crippen molar-refractivity contribution in [3.8, 4) is 0 Å². The van der Waals surface area contributed by atoms with Crippen molar-refractivity contribution in [2.45, 2.75) is 123 Å². The SMILES string of the molecule is C=C(CC)C(=O)OOC(=O)CCCCCCCCCCCCCCCCC. The van der Waals surface area contributed by atoms with Crippen molar-refractivity contribution >= 4 is 11.9 Å². The standard InChI is InChI=1S/C23H42O4/c1-4-6-7-8-9-10-11-12-13-14-15-16-17-18-19-20-22(24)26-27-23(25)21(3)5-2/h3-20H2,1-2H3. The van der Waals surface area contributed by atoms with Gasteiger partial charge in [0.25, 0.3) is 0 Å². The van der Waals surface area contributed by atoms with Crippen molar-refractivity contribution in [3.05, 3.63) is 12.2 Å². The number of unbranched alkanes of at least 4 members (excludes halogenated alkanes) is 14. The Morgan fingerprint density at radius 2 is 1.04 bits per heavy atom. The molecule has 0 bridgehead atoms. The molecule has 0 N–H and O–H groups in total. The van der Waals surface area contributed by atoms with Crippen LogP contribution < -0.4 is 0 Å². The highest BCUT2D eigenvalue weighted by molar-refractivity contribution is 5.87. The molecule has 0 saturated heterocycles. The van der Waals surface area contributed by atoms with E-state index in [1.165, 1.54) is 77.0 Å². The van der Waals surface area contributed by atoms with E-state index < -0.39 is 11.9 Å². The molecule has 27 heavy (non-hydrogen) atoms. The lowest BCUT2D eigenvalue weighted by molar-refractivity contribution is -0.255. The fraction of sp³-hybridized carbons (Fsp3) is 0.826. The second-order valence-corrected chi connectivity index (χ2v) is 7.48. The van der Waals surface area contributed by atoms with Crippen molar-refractivity contribution in [3.63, 3.8) is 0 Å². The van der Waals surface area contributed by atoms with Gasteiger partial charge in [0.2, 0.25) is 0 Å². The molecule has 0 aliphatic heterocycles. The van der Waals surface area contributed by atoms with Gasteiger partial charge in [-0.2, -0.15) is 0 Å². The van der Waals surface area contributed by atoms with Crippen LogP contribution >= 0.6 is 0 Å². The summed E-state index contributed by atoms with van der Waals surface area (Å²) in [6.07, 6.45) is 20.1. The number of rotatable bonds is 18. The Hall–Kier alpha value is -1.32.